The third-order valence-electron chi connectivity index (χ3n) is 5.07. The third kappa shape index (κ3) is 4.35. The highest BCUT2D eigenvalue weighted by molar-refractivity contribution is 7.92. The van der Waals surface area contributed by atoms with Gasteiger partial charge in [-0.05, 0) is 76.6 Å². The van der Waals surface area contributed by atoms with Crippen LogP contribution in [0.25, 0.3) is 11.6 Å². The molecule has 0 atom stereocenters. The van der Waals surface area contributed by atoms with Crippen LogP contribution in [-0.2, 0) is 22.9 Å². The lowest BCUT2D eigenvalue weighted by Crippen LogP contribution is -2.09. The smallest absolute Gasteiger partial charge is 0.229 e. The maximum Gasteiger partial charge on any atom is 0.229 e. The molecule has 0 aliphatic heterocycles. The summed E-state index contributed by atoms with van der Waals surface area (Å²) < 4.78 is 31.2. The number of hydrogen-bond donors (Lipinski definition) is 1. The Morgan fingerprint density at radius 1 is 0.897 bits per heavy atom. The minimum absolute atomic E-state index is 0.554. The van der Waals surface area contributed by atoms with E-state index in [2.05, 4.69) is 47.2 Å². The Bertz CT molecular complexity index is 1200. The van der Waals surface area contributed by atoms with Crippen LogP contribution in [0.1, 0.15) is 27.8 Å². The van der Waals surface area contributed by atoms with E-state index < -0.39 is 10.0 Å². The molecular formula is C24H23NO3S. The molecule has 0 spiro atoms. The molecule has 3 aromatic rings. The predicted octanol–water partition coefficient (Wildman–Crippen LogP) is 4.75. The number of benzene rings is 3. The molecule has 3 aromatic carbocycles. The van der Waals surface area contributed by atoms with Crippen molar-refractivity contribution in [3.05, 3.63) is 94.5 Å². The number of aryl methyl sites for hydroxylation is 2. The fourth-order valence-electron chi connectivity index (χ4n) is 3.81. The van der Waals surface area contributed by atoms with Crippen LogP contribution >= 0.6 is 0 Å². The van der Waals surface area contributed by atoms with Gasteiger partial charge in [-0.3, -0.25) is 4.72 Å². The van der Waals surface area contributed by atoms with Crippen LogP contribution in [0, 0.1) is 0 Å². The molecule has 4 nitrogen and oxygen atoms in total. The molecule has 1 aliphatic rings. The average Bonchev–Trinajstić information content (AvgIpc) is 2.84. The molecule has 0 saturated heterocycles. The molecule has 0 aromatic heterocycles. The molecule has 4 rings (SSSR count). The normalized spacial score (nSPS) is 14.6. The van der Waals surface area contributed by atoms with Crippen molar-refractivity contribution in [3.8, 4) is 5.75 Å². The number of fused-ring (bicyclic) bond motifs is 2. The van der Waals surface area contributed by atoms with E-state index in [-0.39, 0.29) is 0 Å². The number of methoxy groups -OCH3 is 1. The largest absolute Gasteiger partial charge is 0.497 e. The molecular weight excluding hydrogens is 382 g/mol. The Morgan fingerprint density at radius 3 is 2.45 bits per heavy atom. The first-order valence-corrected chi connectivity index (χ1v) is 11.4. The molecule has 5 heteroatoms. The molecule has 0 amide bonds. The standard InChI is InChI=1S/C24H23NO3S/c1-28-21-12-13-23-19(16-21)11-10-18-7-3-4-9-22(18)24(23)15-17-6-5-8-20(14-17)25-29(2,26)27/h3-9,12-16,25H,10-11H2,1-2H3/b24-15-. The summed E-state index contributed by atoms with van der Waals surface area (Å²) in [4.78, 5) is 0. The van der Waals surface area contributed by atoms with E-state index in [0.29, 0.717) is 5.69 Å². The monoisotopic (exact) mass is 405 g/mol. The molecule has 0 radical (unpaired) electrons. The van der Waals surface area contributed by atoms with E-state index >= 15 is 0 Å². The van der Waals surface area contributed by atoms with Crippen molar-refractivity contribution >= 4 is 27.4 Å². The minimum Gasteiger partial charge on any atom is -0.497 e. The minimum atomic E-state index is -3.32. The summed E-state index contributed by atoms with van der Waals surface area (Å²) in [6, 6.07) is 22.1. The van der Waals surface area contributed by atoms with Crippen molar-refractivity contribution in [2.75, 3.05) is 18.1 Å². The molecule has 29 heavy (non-hydrogen) atoms. The summed E-state index contributed by atoms with van der Waals surface area (Å²) in [5.41, 5.74) is 7.56. The highest BCUT2D eigenvalue weighted by Gasteiger charge is 2.18. The summed E-state index contributed by atoms with van der Waals surface area (Å²) >= 11 is 0. The summed E-state index contributed by atoms with van der Waals surface area (Å²) in [6.45, 7) is 0. The van der Waals surface area contributed by atoms with Crippen LogP contribution in [0.4, 0.5) is 5.69 Å². The molecule has 0 fully saturated rings. The topological polar surface area (TPSA) is 55.4 Å². The van der Waals surface area contributed by atoms with Gasteiger partial charge >= 0.3 is 0 Å². The van der Waals surface area contributed by atoms with Gasteiger partial charge in [0.2, 0.25) is 10.0 Å². The van der Waals surface area contributed by atoms with Crippen molar-refractivity contribution in [3.63, 3.8) is 0 Å². The predicted molar refractivity (Wildman–Crippen MR) is 119 cm³/mol. The van der Waals surface area contributed by atoms with Crippen LogP contribution in [0.2, 0.25) is 0 Å². The highest BCUT2D eigenvalue weighted by atomic mass is 32.2. The zero-order valence-electron chi connectivity index (χ0n) is 16.5. The van der Waals surface area contributed by atoms with Crippen molar-refractivity contribution in [1.29, 1.82) is 0 Å². The first kappa shape index (κ1) is 19.3. The second kappa shape index (κ2) is 7.76. The molecule has 148 valence electrons. The average molecular weight is 406 g/mol. The number of anilines is 1. The number of sulfonamides is 1. The quantitative estimate of drug-likeness (QED) is 0.681. The van der Waals surface area contributed by atoms with E-state index in [4.69, 9.17) is 4.74 Å². The zero-order valence-corrected chi connectivity index (χ0v) is 17.3. The second-order valence-corrected chi connectivity index (χ2v) is 8.99. The van der Waals surface area contributed by atoms with Crippen LogP contribution in [-0.4, -0.2) is 21.8 Å². The lowest BCUT2D eigenvalue weighted by atomic mass is 9.92. The molecule has 0 saturated carbocycles. The zero-order chi connectivity index (χ0) is 20.4. The maximum absolute atomic E-state index is 11.6. The van der Waals surface area contributed by atoms with Gasteiger partial charge in [0.15, 0.2) is 0 Å². The van der Waals surface area contributed by atoms with Gasteiger partial charge in [-0.15, -0.1) is 0 Å². The highest BCUT2D eigenvalue weighted by Crippen LogP contribution is 2.36. The van der Waals surface area contributed by atoms with Crippen LogP contribution in [0.5, 0.6) is 5.75 Å². The third-order valence-corrected chi connectivity index (χ3v) is 5.68. The SMILES string of the molecule is COc1ccc2c(c1)CCc1ccccc1/C2=C/c1cccc(NS(C)(=O)=O)c1. The van der Waals surface area contributed by atoms with Crippen molar-refractivity contribution in [2.45, 2.75) is 12.8 Å². The van der Waals surface area contributed by atoms with Gasteiger partial charge in [0.1, 0.15) is 5.75 Å². The first-order valence-electron chi connectivity index (χ1n) is 9.48. The van der Waals surface area contributed by atoms with E-state index in [1.165, 1.54) is 22.3 Å². The molecule has 0 unspecified atom stereocenters. The van der Waals surface area contributed by atoms with Crippen molar-refractivity contribution in [1.82, 2.24) is 0 Å². The lowest BCUT2D eigenvalue weighted by Gasteiger charge is -2.13. The summed E-state index contributed by atoms with van der Waals surface area (Å²) in [6.07, 6.45) is 5.19. The molecule has 0 bridgehead atoms. The van der Waals surface area contributed by atoms with Crippen LogP contribution < -0.4 is 9.46 Å². The van der Waals surface area contributed by atoms with Gasteiger partial charge in [-0.1, -0.05) is 42.5 Å². The Morgan fingerprint density at radius 2 is 1.66 bits per heavy atom. The van der Waals surface area contributed by atoms with E-state index in [1.807, 2.05) is 24.3 Å². The second-order valence-electron chi connectivity index (χ2n) is 7.24. The van der Waals surface area contributed by atoms with Crippen molar-refractivity contribution < 1.29 is 13.2 Å². The first-order chi connectivity index (χ1) is 13.9. The Hall–Kier alpha value is -3.05. The summed E-state index contributed by atoms with van der Waals surface area (Å²) in [5, 5.41) is 0. The Labute approximate surface area is 171 Å². The number of hydrogen-bond acceptors (Lipinski definition) is 3. The van der Waals surface area contributed by atoms with Gasteiger partial charge in [0, 0.05) is 5.69 Å². The summed E-state index contributed by atoms with van der Waals surface area (Å²) in [5.74, 6) is 0.855. The molecule has 0 heterocycles. The van der Waals surface area contributed by atoms with E-state index in [9.17, 15) is 8.42 Å². The number of ether oxygens (including phenoxy) is 1. The molecule has 1 N–H and O–H groups in total. The molecule has 1 aliphatic carbocycles. The maximum atomic E-state index is 11.6. The number of nitrogens with one attached hydrogen (secondary N) is 1. The lowest BCUT2D eigenvalue weighted by molar-refractivity contribution is 0.414. The van der Waals surface area contributed by atoms with Gasteiger partial charge in [0.05, 0.1) is 13.4 Å². The van der Waals surface area contributed by atoms with Crippen LogP contribution in [0.3, 0.4) is 0 Å². The number of rotatable bonds is 4. The Balaban J connectivity index is 1.87. The Kier molecular flexibility index (Phi) is 5.16. The van der Waals surface area contributed by atoms with Gasteiger partial charge in [-0.25, -0.2) is 8.42 Å². The van der Waals surface area contributed by atoms with Gasteiger partial charge < -0.3 is 4.74 Å². The van der Waals surface area contributed by atoms with E-state index in [1.54, 1.807) is 13.2 Å². The fraction of sp³-hybridized carbons (Fsp3) is 0.167. The summed E-state index contributed by atoms with van der Waals surface area (Å²) in [7, 11) is -1.64. The van der Waals surface area contributed by atoms with E-state index in [0.717, 1.165) is 36.0 Å². The van der Waals surface area contributed by atoms with Gasteiger partial charge in [-0.2, -0.15) is 0 Å². The van der Waals surface area contributed by atoms with Gasteiger partial charge in [0.25, 0.3) is 0 Å². The van der Waals surface area contributed by atoms with Crippen LogP contribution in [0.15, 0.2) is 66.7 Å². The fourth-order valence-corrected chi connectivity index (χ4v) is 4.37. The van der Waals surface area contributed by atoms with Crippen molar-refractivity contribution in [2.24, 2.45) is 0 Å².